The first-order valence-electron chi connectivity index (χ1n) is 3.83. The van der Waals surface area contributed by atoms with Crippen LogP contribution in [0.15, 0.2) is 12.3 Å². The zero-order valence-electron chi connectivity index (χ0n) is 6.46. The Labute approximate surface area is 75.5 Å². The molecule has 1 saturated carbocycles. The van der Waals surface area contributed by atoms with Crippen LogP contribution in [0.1, 0.15) is 12.8 Å². The molecule has 0 aliphatic heterocycles. The summed E-state index contributed by atoms with van der Waals surface area (Å²) in [6.07, 6.45) is 4.04. The second-order valence-corrected chi connectivity index (χ2v) is 3.29. The third kappa shape index (κ3) is 1.61. The highest BCUT2D eigenvalue weighted by atomic mass is 35.5. The fourth-order valence-corrected chi connectivity index (χ4v) is 1.04. The maximum Gasteiger partial charge on any atom is 0.166 e. The molecule has 0 spiro atoms. The summed E-state index contributed by atoms with van der Waals surface area (Å²) in [6.45, 7) is 0. The Balaban J connectivity index is 2.21. The topological polar surface area (TPSA) is 48.1 Å². The van der Waals surface area contributed by atoms with Crippen LogP contribution in [0.2, 0.25) is 5.02 Å². The number of nitrogens with two attached hydrogens (primary N) is 1. The van der Waals surface area contributed by atoms with E-state index in [1.807, 2.05) is 0 Å². The fourth-order valence-electron chi connectivity index (χ4n) is 0.891. The van der Waals surface area contributed by atoms with Gasteiger partial charge in [-0.1, -0.05) is 11.6 Å². The van der Waals surface area contributed by atoms with Crippen molar-refractivity contribution in [2.75, 3.05) is 5.73 Å². The van der Waals surface area contributed by atoms with Crippen LogP contribution in [-0.4, -0.2) is 11.1 Å². The molecule has 0 radical (unpaired) electrons. The molecule has 1 aliphatic rings. The van der Waals surface area contributed by atoms with Crippen LogP contribution in [0.4, 0.5) is 5.82 Å². The number of pyridine rings is 1. The van der Waals surface area contributed by atoms with E-state index in [-0.39, 0.29) is 0 Å². The van der Waals surface area contributed by atoms with E-state index in [9.17, 15) is 0 Å². The Bertz CT molecular complexity index is 299. The summed E-state index contributed by atoms with van der Waals surface area (Å²) in [7, 11) is 0. The predicted molar refractivity (Wildman–Crippen MR) is 47.3 cm³/mol. The second-order valence-electron chi connectivity index (χ2n) is 2.85. The number of aromatic nitrogens is 1. The van der Waals surface area contributed by atoms with Crippen molar-refractivity contribution >= 4 is 17.4 Å². The maximum atomic E-state index is 5.72. The summed E-state index contributed by atoms with van der Waals surface area (Å²) in [4.78, 5) is 3.88. The molecule has 1 aliphatic carbocycles. The van der Waals surface area contributed by atoms with Crippen molar-refractivity contribution in [3.05, 3.63) is 17.3 Å². The standard InChI is InChI=1S/C8H9ClN2O/c9-5-3-7(8(10)11-4-5)12-6-1-2-6/h3-4,6H,1-2H2,(H2,10,11). The van der Waals surface area contributed by atoms with Crippen LogP contribution < -0.4 is 10.5 Å². The van der Waals surface area contributed by atoms with Crippen molar-refractivity contribution in [1.29, 1.82) is 0 Å². The van der Waals surface area contributed by atoms with Crippen LogP contribution in [-0.2, 0) is 0 Å². The van der Waals surface area contributed by atoms with Gasteiger partial charge in [0.05, 0.1) is 11.1 Å². The number of halogens is 1. The van der Waals surface area contributed by atoms with Crippen LogP contribution in [0, 0.1) is 0 Å². The summed E-state index contributed by atoms with van der Waals surface area (Å²) in [5, 5.41) is 0.555. The summed E-state index contributed by atoms with van der Waals surface area (Å²) in [6, 6.07) is 1.70. The number of anilines is 1. The smallest absolute Gasteiger partial charge is 0.166 e. The minimum absolute atomic E-state index is 0.326. The van der Waals surface area contributed by atoms with Gasteiger partial charge in [-0.2, -0.15) is 0 Å². The third-order valence-electron chi connectivity index (χ3n) is 1.67. The van der Waals surface area contributed by atoms with Gasteiger partial charge in [-0.15, -0.1) is 0 Å². The fraction of sp³-hybridized carbons (Fsp3) is 0.375. The van der Waals surface area contributed by atoms with E-state index in [2.05, 4.69) is 4.98 Å². The van der Waals surface area contributed by atoms with Gasteiger partial charge in [-0.05, 0) is 12.8 Å². The van der Waals surface area contributed by atoms with Gasteiger partial charge in [-0.25, -0.2) is 4.98 Å². The van der Waals surface area contributed by atoms with Crippen LogP contribution in [0.3, 0.4) is 0 Å². The molecule has 4 heteroatoms. The van der Waals surface area contributed by atoms with Crippen molar-refractivity contribution in [3.8, 4) is 5.75 Å². The zero-order chi connectivity index (χ0) is 8.55. The van der Waals surface area contributed by atoms with Crippen LogP contribution >= 0.6 is 11.6 Å². The average molecular weight is 185 g/mol. The Morgan fingerprint density at radius 1 is 1.58 bits per heavy atom. The third-order valence-corrected chi connectivity index (χ3v) is 1.87. The molecule has 1 aromatic rings. The largest absolute Gasteiger partial charge is 0.487 e. The zero-order valence-corrected chi connectivity index (χ0v) is 7.21. The molecule has 0 unspecified atom stereocenters. The lowest BCUT2D eigenvalue weighted by atomic mass is 10.4. The Hall–Kier alpha value is -0.960. The molecule has 1 aromatic heterocycles. The lowest BCUT2D eigenvalue weighted by Gasteiger charge is -2.05. The molecule has 0 amide bonds. The van der Waals surface area contributed by atoms with E-state index in [1.165, 1.54) is 6.20 Å². The molecule has 1 fully saturated rings. The number of rotatable bonds is 2. The summed E-state index contributed by atoms with van der Waals surface area (Å²) in [5.74, 6) is 1.01. The summed E-state index contributed by atoms with van der Waals surface area (Å²) < 4.78 is 5.46. The normalized spacial score (nSPS) is 16.1. The first kappa shape index (κ1) is 7.68. The number of hydrogen-bond donors (Lipinski definition) is 1. The van der Waals surface area contributed by atoms with E-state index >= 15 is 0 Å². The van der Waals surface area contributed by atoms with E-state index in [1.54, 1.807) is 6.07 Å². The molecule has 0 saturated heterocycles. The number of hydrogen-bond acceptors (Lipinski definition) is 3. The van der Waals surface area contributed by atoms with Gasteiger partial charge < -0.3 is 10.5 Å². The van der Waals surface area contributed by atoms with Gasteiger partial charge in [0.2, 0.25) is 0 Å². The van der Waals surface area contributed by atoms with E-state index in [0.717, 1.165) is 12.8 Å². The van der Waals surface area contributed by atoms with Crippen LogP contribution in [0.5, 0.6) is 5.75 Å². The van der Waals surface area contributed by atoms with Crippen molar-refractivity contribution in [2.24, 2.45) is 0 Å². The minimum atomic E-state index is 0.326. The molecule has 3 nitrogen and oxygen atoms in total. The van der Waals surface area contributed by atoms with Crippen LogP contribution in [0.25, 0.3) is 0 Å². The van der Waals surface area contributed by atoms with Crippen molar-refractivity contribution in [2.45, 2.75) is 18.9 Å². The molecular weight excluding hydrogens is 176 g/mol. The molecule has 0 aromatic carbocycles. The second kappa shape index (κ2) is 2.83. The van der Waals surface area contributed by atoms with Gasteiger partial charge >= 0.3 is 0 Å². The number of ether oxygens (including phenoxy) is 1. The molecule has 1 heterocycles. The monoisotopic (exact) mass is 184 g/mol. The molecule has 12 heavy (non-hydrogen) atoms. The Kier molecular flexibility index (Phi) is 1.81. The van der Waals surface area contributed by atoms with Gasteiger partial charge in [0.15, 0.2) is 11.6 Å². The molecule has 0 bridgehead atoms. The maximum absolute atomic E-state index is 5.72. The first-order chi connectivity index (χ1) is 5.75. The van der Waals surface area contributed by atoms with Gasteiger partial charge in [0, 0.05) is 12.3 Å². The van der Waals surface area contributed by atoms with Crippen molar-refractivity contribution in [3.63, 3.8) is 0 Å². The lowest BCUT2D eigenvalue weighted by molar-refractivity contribution is 0.304. The summed E-state index contributed by atoms with van der Waals surface area (Å²) >= 11 is 5.72. The molecular formula is C8H9ClN2O. The Morgan fingerprint density at radius 2 is 2.33 bits per heavy atom. The van der Waals surface area contributed by atoms with E-state index in [0.29, 0.717) is 22.7 Å². The highest BCUT2D eigenvalue weighted by Crippen LogP contribution is 2.30. The highest BCUT2D eigenvalue weighted by molar-refractivity contribution is 6.30. The van der Waals surface area contributed by atoms with Gasteiger partial charge in [0.1, 0.15) is 0 Å². The quantitative estimate of drug-likeness (QED) is 0.763. The molecule has 0 atom stereocenters. The SMILES string of the molecule is Nc1ncc(Cl)cc1OC1CC1. The average Bonchev–Trinajstić information content (AvgIpc) is 2.81. The number of nitrogens with zero attached hydrogens (tertiary/aromatic N) is 1. The lowest BCUT2D eigenvalue weighted by Crippen LogP contribution is -2.01. The van der Waals surface area contributed by atoms with Gasteiger partial charge in [-0.3, -0.25) is 0 Å². The molecule has 2 rings (SSSR count). The summed E-state index contributed by atoms with van der Waals surface area (Å²) in [5.41, 5.74) is 5.57. The predicted octanol–water partition coefficient (Wildman–Crippen LogP) is 1.86. The van der Waals surface area contributed by atoms with E-state index in [4.69, 9.17) is 22.1 Å². The van der Waals surface area contributed by atoms with Gasteiger partial charge in [0.25, 0.3) is 0 Å². The van der Waals surface area contributed by atoms with Crippen molar-refractivity contribution in [1.82, 2.24) is 4.98 Å². The highest BCUT2D eigenvalue weighted by Gasteiger charge is 2.24. The molecule has 2 N–H and O–H groups in total. The van der Waals surface area contributed by atoms with Crippen molar-refractivity contribution < 1.29 is 4.74 Å². The molecule has 64 valence electrons. The van der Waals surface area contributed by atoms with E-state index < -0.39 is 0 Å². The minimum Gasteiger partial charge on any atom is -0.487 e. The number of nitrogen functional groups attached to an aromatic ring is 1. The first-order valence-corrected chi connectivity index (χ1v) is 4.21. The Morgan fingerprint density at radius 3 is 3.00 bits per heavy atom.